The molecule has 0 saturated heterocycles. The highest BCUT2D eigenvalue weighted by Gasteiger charge is 2.09. The molecule has 1 heterocycles. The molecule has 18 heavy (non-hydrogen) atoms. The summed E-state index contributed by atoms with van der Waals surface area (Å²) >= 11 is 0. The summed E-state index contributed by atoms with van der Waals surface area (Å²) in [6.07, 6.45) is 2.09. The second kappa shape index (κ2) is 5.58. The standard InChI is InChI=1S/C10H12N2O5S/c1-18(16,17)5-4-9(13)12-7-2-3-8(10(14)15)11-6-7/h2-3,6H,4-5H2,1H3,(H,12,13)(H,14,15). The lowest BCUT2D eigenvalue weighted by atomic mass is 10.3. The Kier molecular flexibility index (Phi) is 4.38. The SMILES string of the molecule is CS(=O)(=O)CCC(=O)Nc1ccc(C(=O)O)nc1. The summed E-state index contributed by atoms with van der Waals surface area (Å²) in [5.41, 5.74) is 0.183. The molecule has 0 aliphatic heterocycles. The zero-order chi connectivity index (χ0) is 13.8. The van der Waals surface area contributed by atoms with Gasteiger partial charge in [0.15, 0.2) is 0 Å². The van der Waals surface area contributed by atoms with Crippen LogP contribution in [0.4, 0.5) is 5.69 Å². The second-order valence-corrected chi connectivity index (χ2v) is 5.93. The number of anilines is 1. The monoisotopic (exact) mass is 272 g/mol. The fourth-order valence-electron chi connectivity index (χ4n) is 1.10. The van der Waals surface area contributed by atoms with Gasteiger partial charge in [0.2, 0.25) is 5.91 Å². The van der Waals surface area contributed by atoms with Crippen LogP contribution in [0, 0.1) is 0 Å². The fourth-order valence-corrected chi connectivity index (χ4v) is 1.65. The molecule has 0 spiro atoms. The summed E-state index contributed by atoms with van der Waals surface area (Å²) < 4.78 is 21.7. The maximum absolute atomic E-state index is 11.4. The average molecular weight is 272 g/mol. The minimum atomic E-state index is -3.18. The molecule has 1 aromatic rings. The molecule has 0 aromatic carbocycles. The van der Waals surface area contributed by atoms with Gasteiger partial charge in [-0.2, -0.15) is 0 Å². The molecule has 2 N–H and O–H groups in total. The van der Waals surface area contributed by atoms with Crippen LogP contribution in [-0.2, 0) is 14.6 Å². The van der Waals surface area contributed by atoms with Gasteiger partial charge in [-0.25, -0.2) is 18.2 Å². The summed E-state index contributed by atoms with van der Waals surface area (Å²) in [7, 11) is -3.18. The van der Waals surface area contributed by atoms with Crippen LogP contribution >= 0.6 is 0 Å². The van der Waals surface area contributed by atoms with E-state index in [-0.39, 0.29) is 17.9 Å². The number of amides is 1. The van der Waals surface area contributed by atoms with E-state index in [0.29, 0.717) is 5.69 Å². The van der Waals surface area contributed by atoms with Crippen molar-refractivity contribution in [3.63, 3.8) is 0 Å². The van der Waals surface area contributed by atoms with Gasteiger partial charge in [0.05, 0.1) is 17.6 Å². The van der Waals surface area contributed by atoms with Crippen LogP contribution in [0.2, 0.25) is 0 Å². The molecule has 0 bridgehead atoms. The molecule has 0 aliphatic carbocycles. The number of nitrogens with one attached hydrogen (secondary N) is 1. The predicted octanol–water partition coefficient (Wildman–Crippen LogP) is 0.153. The van der Waals surface area contributed by atoms with Gasteiger partial charge in [-0.3, -0.25) is 4.79 Å². The van der Waals surface area contributed by atoms with Crippen LogP contribution in [0.3, 0.4) is 0 Å². The molecule has 1 aromatic heterocycles. The van der Waals surface area contributed by atoms with Crippen molar-refractivity contribution in [2.45, 2.75) is 6.42 Å². The van der Waals surface area contributed by atoms with Crippen LogP contribution in [0.1, 0.15) is 16.9 Å². The number of hydrogen-bond donors (Lipinski definition) is 2. The molecule has 0 aliphatic rings. The number of carbonyl (C=O) groups is 2. The van der Waals surface area contributed by atoms with E-state index in [0.717, 1.165) is 6.26 Å². The van der Waals surface area contributed by atoms with Crippen molar-refractivity contribution < 1.29 is 23.1 Å². The quantitative estimate of drug-likeness (QED) is 0.789. The number of hydrogen-bond acceptors (Lipinski definition) is 5. The Bertz CT molecular complexity index is 550. The number of rotatable bonds is 5. The van der Waals surface area contributed by atoms with Crippen LogP contribution in [0.25, 0.3) is 0 Å². The normalized spacial score (nSPS) is 10.9. The summed E-state index contributed by atoms with van der Waals surface area (Å²) in [4.78, 5) is 25.5. The Labute approximate surface area is 104 Å². The lowest BCUT2D eigenvalue weighted by molar-refractivity contribution is -0.115. The highest BCUT2D eigenvalue weighted by molar-refractivity contribution is 7.90. The first kappa shape index (κ1) is 14.1. The maximum atomic E-state index is 11.4. The Morgan fingerprint density at radius 3 is 2.50 bits per heavy atom. The lowest BCUT2D eigenvalue weighted by Crippen LogP contribution is -2.16. The summed E-state index contributed by atoms with van der Waals surface area (Å²) in [6, 6.07) is 2.63. The van der Waals surface area contributed by atoms with Gasteiger partial charge >= 0.3 is 5.97 Å². The number of carboxylic acid groups (broad SMARTS) is 1. The number of nitrogens with zero attached hydrogens (tertiary/aromatic N) is 1. The molecule has 8 heteroatoms. The van der Waals surface area contributed by atoms with Gasteiger partial charge < -0.3 is 10.4 Å². The van der Waals surface area contributed by atoms with Gasteiger partial charge in [0, 0.05) is 12.7 Å². The molecule has 0 saturated carbocycles. The Morgan fingerprint density at radius 1 is 1.39 bits per heavy atom. The van der Waals surface area contributed by atoms with Crippen molar-refractivity contribution in [1.29, 1.82) is 0 Å². The van der Waals surface area contributed by atoms with E-state index in [2.05, 4.69) is 10.3 Å². The van der Waals surface area contributed by atoms with Gasteiger partial charge in [0.1, 0.15) is 15.5 Å². The van der Waals surface area contributed by atoms with Gasteiger partial charge in [-0.1, -0.05) is 0 Å². The van der Waals surface area contributed by atoms with Gasteiger partial charge in [0.25, 0.3) is 0 Å². The first-order valence-electron chi connectivity index (χ1n) is 4.95. The van der Waals surface area contributed by atoms with E-state index < -0.39 is 21.7 Å². The topological polar surface area (TPSA) is 113 Å². The third kappa shape index (κ3) is 4.91. The smallest absolute Gasteiger partial charge is 0.354 e. The number of pyridine rings is 1. The number of sulfone groups is 1. The molecule has 0 atom stereocenters. The van der Waals surface area contributed by atoms with Gasteiger partial charge in [-0.15, -0.1) is 0 Å². The van der Waals surface area contributed by atoms with Crippen LogP contribution < -0.4 is 5.32 Å². The Balaban J connectivity index is 2.57. The molecule has 98 valence electrons. The summed E-state index contributed by atoms with van der Waals surface area (Å²) in [5, 5.41) is 11.0. The minimum absolute atomic E-state index is 0.135. The zero-order valence-electron chi connectivity index (χ0n) is 9.58. The molecule has 0 unspecified atom stereocenters. The number of aromatic carboxylic acids is 1. The van der Waals surface area contributed by atoms with E-state index >= 15 is 0 Å². The largest absolute Gasteiger partial charge is 0.477 e. The van der Waals surface area contributed by atoms with E-state index in [9.17, 15) is 18.0 Å². The first-order chi connectivity index (χ1) is 8.28. The number of carbonyl (C=O) groups excluding carboxylic acids is 1. The molecule has 7 nitrogen and oxygen atoms in total. The third-order valence-corrected chi connectivity index (χ3v) is 2.91. The predicted molar refractivity (Wildman–Crippen MR) is 64.2 cm³/mol. The number of carboxylic acids is 1. The Morgan fingerprint density at radius 2 is 2.06 bits per heavy atom. The highest BCUT2D eigenvalue weighted by Crippen LogP contribution is 2.06. The zero-order valence-corrected chi connectivity index (χ0v) is 10.4. The van der Waals surface area contributed by atoms with Gasteiger partial charge in [-0.05, 0) is 12.1 Å². The van der Waals surface area contributed by atoms with Crippen LogP contribution in [0.5, 0.6) is 0 Å². The number of aromatic nitrogens is 1. The van der Waals surface area contributed by atoms with Crippen molar-refractivity contribution in [2.24, 2.45) is 0 Å². The molecular formula is C10H12N2O5S. The fraction of sp³-hybridized carbons (Fsp3) is 0.300. The molecule has 0 fully saturated rings. The van der Waals surface area contributed by atoms with E-state index in [1.807, 2.05) is 0 Å². The average Bonchev–Trinajstić information content (AvgIpc) is 2.26. The molecule has 1 rings (SSSR count). The second-order valence-electron chi connectivity index (χ2n) is 3.67. The maximum Gasteiger partial charge on any atom is 0.354 e. The van der Waals surface area contributed by atoms with E-state index in [4.69, 9.17) is 5.11 Å². The lowest BCUT2D eigenvalue weighted by Gasteiger charge is -2.04. The highest BCUT2D eigenvalue weighted by atomic mass is 32.2. The first-order valence-corrected chi connectivity index (χ1v) is 7.01. The van der Waals surface area contributed by atoms with Crippen LogP contribution in [-0.4, -0.2) is 42.4 Å². The van der Waals surface area contributed by atoms with E-state index in [1.54, 1.807) is 0 Å². The van der Waals surface area contributed by atoms with Crippen molar-refractivity contribution in [2.75, 3.05) is 17.3 Å². The van der Waals surface area contributed by atoms with E-state index in [1.165, 1.54) is 18.3 Å². The van der Waals surface area contributed by atoms with Crippen molar-refractivity contribution in [3.05, 3.63) is 24.0 Å². The minimum Gasteiger partial charge on any atom is -0.477 e. The van der Waals surface area contributed by atoms with Crippen LogP contribution in [0.15, 0.2) is 18.3 Å². The van der Waals surface area contributed by atoms with Crippen molar-refractivity contribution in [3.8, 4) is 0 Å². The van der Waals surface area contributed by atoms with Crippen molar-refractivity contribution >= 4 is 27.4 Å². The third-order valence-electron chi connectivity index (χ3n) is 1.97. The molecule has 0 radical (unpaired) electrons. The van der Waals surface area contributed by atoms with Crippen molar-refractivity contribution in [1.82, 2.24) is 4.98 Å². The molecular weight excluding hydrogens is 260 g/mol. The Hall–Kier alpha value is -1.96. The summed E-state index contributed by atoms with van der Waals surface area (Å²) in [6.45, 7) is 0. The molecule has 1 amide bonds. The summed E-state index contributed by atoms with van der Waals surface area (Å²) in [5.74, 6) is -1.87.